The van der Waals surface area contributed by atoms with Crippen molar-refractivity contribution in [1.82, 2.24) is 0 Å². The first-order valence-electron chi connectivity index (χ1n) is 8.51. The van der Waals surface area contributed by atoms with E-state index in [0.29, 0.717) is 33.1 Å². The van der Waals surface area contributed by atoms with Crippen molar-refractivity contribution in [3.8, 4) is 0 Å². The van der Waals surface area contributed by atoms with Crippen LogP contribution in [0.5, 0.6) is 0 Å². The van der Waals surface area contributed by atoms with Gasteiger partial charge >= 0.3 is 0 Å². The number of thiocarbonyl (C=S) groups is 1. The quantitative estimate of drug-likeness (QED) is 0.505. The van der Waals surface area contributed by atoms with E-state index >= 15 is 0 Å². The zero-order valence-electron chi connectivity index (χ0n) is 14.6. The van der Waals surface area contributed by atoms with E-state index in [1.54, 1.807) is 42.5 Å². The summed E-state index contributed by atoms with van der Waals surface area (Å²) in [5.41, 5.74) is 4.12. The second kappa shape index (κ2) is 6.78. The normalized spacial score (nSPS) is 12.2. The summed E-state index contributed by atoms with van der Waals surface area (Å²) in [6.45, 7) is 2.01. The Morgan fingerprint density at radius 1 is 0.741 bits per heavy atom. The molecule has 27 heavy (non-hydrogen) atoms. The van der Waals surface area contributed by atoms with E-state index in [2.05, 4.69) is 10.6 Å². The molecule has 0 aliphatic heterocycles. The standard InChI is InChI=1S/C22H16N2O2S/c1-13-9-11-14(12-10-13)23-22(27)24-18-8-4-7-17-19(18)21(26)16-6-3-2-5-15(16)20(17)25/h2-12H,1H3,(H2,23,24,27). The van der Waals surface area contributed by atoms with Crippen LogP contribution in [-0.2, 0) is 0 Å². The van der Waals surface area contributed by atoms with E-state index in [9.17, 15) is 9.59 Å². The molecule has 4 nitrogen and oxygen atoms in total. The molecule has 0 aromatic heterocycles. The molecule has 0 atom stereocenters. The van der Waals surface area contributed by atoms with E-state index in [1.807, 2.05) is 31.2 Å². The van der Waals surface area contributed by atoms with Gasteiger partial charge in [0.25, 0.3) is 0 Å². The van der Waals surface area contributed by atoms with Crippen molar-refractivity contribution in [2.24, 2.45) is 0 Å². The number of carbonyl (C=O) groups excluding carboxylic acids is 2. The fraction of sp³-hybridized carbons (Fsp3) is 0.0455. The number of aryl methyl sites for hydroxylation is 1. The number of fused-ring (bicyclic) bond motifs is 2. The van der Waals surface area contributed by atoms with Gasteiger partial charge in [0.15, 0.2) is 16.7 Å². The van der Waals surface area contributed by atoms with Crippen LogP contribution in [-0.4, -0.2) is 16.7 Å². The predicted molar refractivity (Wildman–Crippen MR) is 111 cm³/mol. The monoisotopic (exact) mass is 372 g/mol. The first-order valence-corrected chi connectivity index (χ1v) is 8.91. The summed E-state index contributed by atoms with van der Waals surface area (Å²) in [6, 6.07) is 19.9. The first kappa shape index (κ1) is 17.1. The van der Waals surface area contributed by atoms with Crippen molar-refractivity contribution >= 4 is 40.3 Å². The average molecular weight is 372 g/mol. The molecule has 3 aromatic carbocycles. The van der Waals surface area contributed by atoms with Gasteiger partial charge in [0.2, 0.25) is 0 Å². The van der Waals surface area contributed by atoms with Crippen molar-refractivity contribution in [3.63, 3.8) is 0 Å². The lowest BCUT2D eigenvalue weighted by Crippen LogP contribution is -2.25. The molecule has 0 fully saturated rings. The van der Waals surface area contributed by atoms with Crippen LogP contribution >= 0.6 is 12.2 Å². The molecule has 0 radical (unpaired) electrons. The molecule has 1 aliphatic rings. The third-order valence-corrected chi connectivity index (χ3v) is 4.71. The minimum Gasteiger partial charge on any atom is -0.332 e. The van der Waals surface area contributed by atoms with Gasteiger partial charge in [-0.1, -0.05) is 54.1 Å². The molecule has 0 spiro atoms. The highest BCUT2D eigenvalue weighted by Crippen LogP contribution is 2.32. The van der Waals surface area contributed by atoms with Crippen molar-refractivity contribution in [2.45, 2.75) is 6.92 Å². The molecule has 0 unspecified atom stereocenters. The smallest absolute Gasteiger partial charge is 0.196 e. The highest BCUT2D eigenvalue weighted by Gasteiger charge is 2.31. The number of hydrogen-bond donors (Lipinski definition) is 2. The summed E-state index contributed by atoms with van der Waals surface area (Å²) in [5.74, 6) is -0.331. The minimum absolute atomic E-state index is 0.152. The third-order valence-electron chi connectivity index (χ3n) is 4.51. The van der Waals surface area contributed by atoms with Crippen LogP contribution in [0.15, 0.2) is 66.7 Å². The maximum atomic E-state index is 13.0. The summed E-state index contributed by atoms with van der Waals surface area (Å²) in [5, 5.41) is 6.51. The van der Waals surface area contributed by atoms with E-state index in [0.717, 1.165) is 11.3 Å². The topological polar surface area (TPSA) is 58.2 Å². The van der Waals surface area contributed by atoms with Gasteiger partial charge in [0.05, 0.1) is 11.3 Å². The van der Waals surface area contributed by atoms with Crippen molar-refractivity contribution < 1.29 is 9.59 Å². The van der Waals surface area contributed by atoms with Crippen LogP contribution in [0.1, 0.15) is 37.4 Å². The van der Waals surface area contributed by atoms with Gasteiger partial charge in [-0.15, -0.1) is 0 Å². The summed E-state index contributed by atoms with van der Waals surface area (Å²) >= 11 is 5.38. The number of carbonyl (C=O) groups is 2. The Hall–Kier alpha value is -3.31. The maximum Gasteiger partial charge on any atom is 0.196 e. The molecular formula is C22H16N2O2S. The number of anilines is 2. The average Bonchev–Trinajstić information content (AvgIpc) is 2.68. The minimum atomic E-state index is -0.179. The summed E-state index contributed by atoms with van der Waals surface area (Å²) in [7, 11) is 0. The van der Waals surface area contributed by atoms with E-state index in [4.69, 9.17) is 12.2 Å². The lowest BCUT2D eigenvalue weighted by Gasteiger charge is -2.21. The summed E-state index contributed by atoms with van der Waals surface area (Å²) in [6.07, 6.45) is 0. The summed E-state index contributed by atoms with van der Waals surface area (Å²) < 4.78 is 0. The fourth-order valence-corrected chi connectivity index (χ4v) is 3.40. The molecule has 132 valence electrons. The number of rotatable bonds is 2. The Morgan fingerprint density at radius 3 is 2.07 bits per heavy atom. The molecule has 0 saturated heterocycles. The van der Waals surface area contributed by atoms with Crippen LogP contribution in [0.3, 0.4) is 0 Å². The molecule has 4 rings (SSSR count). The number of nitrogens with one attached hydrogen (secondary N) is 2. The van der Waals surface area contributed by atoms with Gasteiger partial charge < -0.3 is 10.6 Å². The lowest BCUT2D eigenvalue weighted by molar-refractivity contribution is 0.0979. The third kappa shape index (κ3) is 3.13. The number of ketones is 2. The molecule has 3 aromatic rings. The second-order valence-corrected chi connectivity index (χ2v) is 6.79. The zero-order chi connectivity index (χ0) is 19.0. The molecule has 5 heteroatoms. The maximum absolute atomic E-state index is 13.0. The molecule has 0 saturated carbocycles. The largest absolute Gasteiger partial charge is 0.332 e. The van der Waals surface area contributed by atoms with E-state index in [-0.39, 0.29) is 11.6 Å². The molecule has 2 N–H and O–H groups in total. The number of benzene rings is 3. The Morgan fingerprint density at radius 2 is 1.37 bits per heavy atom. The van der Waals surface area contributed by atoms with Crippen molar-refractivity contribution in [1.29, 1.82) is 0 Å². The van der Waals surface area contributed by atoms with Crippen molar-refractivity contribution in [3.05, 3.63) is 94.5 Å². The zero-order valence-corrected chi connectivity index (χ0v) is 15.4. The van der Waals surface area contributed by atoms with Gasteiger partial charge in [-0.25, -0.2) is 0 Å². The predicted octanol–water partition coefficient (Wildman–Crippen LogP) is 4.58. The fourth-order valence-electron chi connectivity index (χ4n) is 3.17. The van der Waals surface area contributed by atoms with E-state index < -0.39 is 0 Å². The van der Waals surface area contributed by atoms with Crippen LogP contribution < -0.4 is 10.6 Å². The van der Waals surface area contributed by atoms with Gasteiger partial charge in [-0.2, -0.15) is 0 Å². The van der Waals surface area contributed by atoms with Crippen LogP contribution in [0, 0.1) is 6.92 Å². The van der Waals surface area contributed by atoms with Crippen LogP contribution in [0.25, 0.3) is 0 Å². The van der Waals surface area contributed by atoms with Gasteiger partial charge in [-0.3, -0.25) is 9.59 Å². The highest BCUT2D eigenvalue weighted by atomic mass is 32.1. The molecule has 1 aliphatic carbocycles. The van der Waals surface area contributed by atoms with Crippen molar-refractivity contribution in [2.75, 3.05) is 10.6 Å². The van der Waals surface area contributed by atoms with Gasteiger partial charge in [0.1, 0.15) is 0 Å². The molecule has 0 heterocycles. The van der Waals surface area contributed by atoms with Gasteiger partial charge in [0, 0.05) is 22.4 Å². The highest BCUT2D eigenvalue weighted by molar-refractivity contribution is 7.80. The SMILES string of the molecule is Cc1ccc(NC(=S)Nc2cccc3c2C(=O)c2ccccc2C3=O)cc1. The first-order chi connectivity index (χ1) is 13.0. The Labute approximate surface area is 162 Å². The van der Waals surface area contributed by atoms with Gasteiger partial charge in [-0.05, 0) is 37.3 Å². The Bertz CT molecular complexity index is 1090. The van der Waals surface area contributed by atoms with Crippen LogP contribution in [0.2, 0.25) is 0 Å². The Kier molecular flexibility index (Phi) is 4.30. The molecular weight excluding hydrogens is 356 g/mol. The lowest BCUT2D eigenvalue weighted by atomic mass is 9.83. The molecule has 0 bridgehead atoms. The Balaban J connectivity index is 1.66. The number of hydrogen-bond acceptors (Lipinski definition) is 3. The van der Waals surface area contributed by atoms with E-state index in [1.165, 1.54) is 0 Å². The molecule has 0 amide bonds. The van der Waals surface area contributed by atoms with Crippen LogP contribution in [0.4, 0.5) is 11.4 Å². The summed E-state index contributed by atoms with van der Waals surface area (Å²) in [4.78, 5) is 25.8. The second-order valence-electron chi connectivity index (χ2n) is 6.38.